The number of hydrogen-bond acceptors (Lipinski definition) is 3. The first-order chi connectivity index (χ1) is 10.7. The van der Waals surface area contributed by atoms with Crippen LogP contribution in [0, 0.1) is 17.7 Å². The van der Waals surface area contributed by atoms with Gasteiger partial charge in [-0.1, -0.05) is 17.9 Å². The van der Waals surface area contributed by atoms with Crippen LogP contribution in [-0.2, 0) is 16.0 Å². The number of benzene rings is 1. The van der Waals surface area contributed by atoms with Gasteiger partial charge in [0.15, 0.2) is 0 Å². The third kappa shape index (κ3) is 7.86. The van der Waals surface area contributed by atoms with E-state index in [0.717, 1.165) is 0 Å². The number of halogens is 1. The lowest BCUT2D eigenvalue weighted by Crippen LogP contribution is -2.32. The van der Waals surface area contributed by atoms with E-state index in [0.29, 0.717) is 12.0 Å². The maximum Gasteiger partial charge on any atom is 0.407 e. The summed E-state index contributed by atoms with van der Waals surface area (Å²) in [4.78, 5) is 22.0. The standard InChI is InChI=1S/C17H20FNO4/c1-17(2,3)23-16(22)19-9-5-4-6-13-10-12(11-15(20)21)7-8-14(13)18/h7-8,10H,5,9,11H2,1-3H3,(H,19,22)(H,20,21). The molecule has 1 aromatic rings. The molecule has 0 aliphatic carbocycles. The van der Waals surface area contributed by atoms with E-state index in [1.165, 1.54) is 18.2 Å². The van der Waals surface area contributed by atoms with Gasteiger partial charge in [0.2, 0.25) is 0 Å². The lowest BCUT2D eigenvalue weighted by molar-refractivity contribution is -0.136. The van der Waals surface area contributed by atoms with Gasteiger partial charge in [0.25, 0.3) is 0 Å². The smallest absolute Gasteiger partial charge is 0.407 e. The molecule has 0 aromatic heterocycles. The van der Waals surface area contributed by atoms with Crippen LogP contribution in [0.4, 0.5) is 9.18 Å². The Kier molecular flexibility index (Phi) is 6.58. The fraction of sp³-hybridized carbons (Fsp3) is 0.412. The van der Waals surface area contributed by atoms with Gasteiger partial charge in [-0.25, -0.2) is 9.18 Å². The summed E-state index contributed by atoms with van der Waals surface area (Å²) in [6.07, 6.45) is -0.397. The number of alkyl carbamates (subject to hydrolysis) is 1. The van der Waals surface area contributed by atoms with Crippen LogP contribution in [0.3, 0.4) is 0 Å². The second-order valence-corrected chi connectivity index (χ2v) is 5.87. The predicted octanol–water partition coefficient (Wildman–Crippen LogP) is 2.72. The van der Waals surface area contributed by atoms with Gasteiger partial charge in [-0.2, -0.15) is 0 Å². The fourth-order valence-electron chi connectivity index (χ4n) is 1.65. The van der Waals surface area contributed by atoms with Crippen LogP contribution in [0.1, 0.15) is 38.3 Å². The highest BCUT2D eigenvalue weighted by atomic mass is 19.1. The summed E-state index contributed by atoms with van der Waals surface area (Å²) in [5.74, 6) is 3.88. The predicted molar refractivity (Wildman–Crippen MR) is 83.5 cm³/mol. The summed E-state index contributed by atoms with van der Waals surface area (Å²) in [5, 5.41) is 11.3. The zero-order valence-electron chi connectivity index (χ0n) is 13.4. The van der Waals surface area contributed by atoms with Gasteiger partial charge in [0, 0.05) is 13.0 Å². The van der Waals surface area contributed by atoms with Crippen LogP contribution in [-0.4, -0.2) is 29.3 Å². The summed E-state index contributed by atoms with van der Waals surface area (Å²) < 4.78 is 18.7. The van der Waals surface area contributed by atoms with Crippen LogP contribution >= 0.6 is 0 Å². The second kappa shape index (κ2) is 8.18. The van der Waals surface area contributed by atoms with Crippen molar-refractivity contribution in [1.82, 2.24) is 5.32 Å². The Morgan fingerprint density at radius 3 is 2.65 bits per heavy atom. The molecule has 0 saturated carbocycles. The van der Waals surface area contributed by atoms with Gasteiger partial charge in [0.1, 0.15) is 11.4 Å². The molecule has 23 heavy (non-hydrogen) atoms. The quantitative estimate of drug-likeness (QED) is 0.660. The van der Waals surface area contributed by atoms with E-state index in [-0.39, 0.29) is 18.5 Å². The highest BCUT2D eigenvalue weighted by molar-refractivity contribution is 5.70. The van der Waals surface area contributed by atoms with Crippen molar-refractivity contribution < 1.29 is 23.8 Å². The van der Waals surface area contributed by atoms with Gasteiger partial charge in [-0.3, -0.25) is 4.79 Å². The Balaban J connectivity index is 2.53. The molecule has 0 aliphatic rings. The van der Waals surface area contributed by atoms with E-state index < -0.39 is 23.5 Å². The Hall–Kier alpha value is -2.55. The lowest BCUT2D eigenvalue weighted by atomic mass is 10.1. The van der Waals surface area contributed by atoms with Crippen LogP contribution in [0.5, 0.6) is 0 Å². The summed E-state index contributed by atoms with van der Waals surface area (Å²) in [7, 11) is 0. The molecular weight excluding hydrogens is 301 g/mol. The van der Waals surface area contributed by atoms with Gasteiger partial charge >= 0.3 is 12.1 Å². The molecule has 5 nitrogen and oxygen atoms in total. The highest BCUT2D eigenvalue weighted by Gasteiger charge is 2.15. The molecule has 1 rings (SSSR count). The lowest BCUT2D eigenvalue weighted by Gasteiger charge is -2.19. The first-order valence-electron chi connectivity index (χ1n) is 7.13. The average molecular weight is 321 g/mol. The number of aliphatic carboxylic acids is 1. The van der Waals surface area contributed by atoms with E-state index in [4.69, 9.17) is 9.84 Å². The maximum atomic E-state index is 13.6. The molecule has 0 bridgehead atoms. The van der Waals surface area contributed by atoms with E-state index >= 15 is 0 Å². The Labute approximate surface area is 134 Å². The molecule has 1 amide bonds. The molecule has 6 heteroatoms. The van der Waals surface area contributed by atoms with Crippen molar-refractivity contribution in [3.8, 4) is 11.8 Å². The summed E-state index contributed by atoms with van der Waals surface area (Å²) in [5.41, 5.74) is 0.0554. The third-order valence-electron chi connectivity index (χ3n) is 2.53. The molecule has 0 atom stereocenters. The van der Waals surface area contributed by atoms with Gasteiger partial charge in [0.05, 0.1) is 12.0 Å². The third-order valence-corrected chi connectivity index (χ3v) is 2.53. The molecular formula is C17H20FNO4. The molecule has 1 aromatic carbocycles. The van der Waals surface area contributed by atoms with E-state index in [9.17, 15) is 14.0 Å². The van der Waals surface area contributed by atoms with E-state index in [1.54, 1.807) is 20.8 Å². The zero-order valence-corrected chi connectivity index (χ0v) is 13.4. The number of carboxylic acid groups (broad SMARTS) is 1. The number of carboxylic acids is 1. The van der Waals surface area contributed by atoms with Gasteiger partial charge < -0.3 is 15.2 Å². The highest BCUT2D eigenvalue weighted by Crippen LogP contribution is 2.10. The minimum absolute atomic E-state index is 0.140. The normalized spacial score (nSPS) is 10.4. The Morgan fingerprint density at radius 1 is 1.35 bits per heavy atom. The summed E-state index contributed by atoms with van der Waals surface area (Å²) in [6, 6.07) is 4.03. The maximum absolute atomic E-state index is 13.6. The number of rotatable bonds is 4. The first-order valence-corrected chi connectivity index (χ1v) is 7.13. The Bertz CT molecular complexity index is 638. The molecule has 0 fully saturated rings. The largest absolute Gasteiger partial charge is 0.481 e. The molecule has 0 unspecified atom stereocenters. The summed E-state index contributed by atoms with van der Waals surface area (Å²) in [6.45, 7) is 5.57. The second-order valence-electron chi connectivity index (χ2n) is 5.87. The van der Waals surface area contributed by atoms with Crippen LogP contribution in [0.25, 0.3) is 0 Å². The molecule has 0 heterocycles. The minimum Gasteiger partial charge on any atom is -0.481 e. The Morgan fingerprint density at radius 2 is 2.04 bits per heavy atom. The minimum atomic E-state index is -0.989. The van der Waals surface area contributed by atoms with Crippen LogP contribution in [0.15, 0.2) is 18.2 Å². The van der Waals surface area contributed by atoms with Gasteiger partial charge in [-0.05, 0) is 38.5 Å². The van der Waals surface area contributed by atoms with Crippen molar-refractivity contribution in [3.63, 3.8) is 0 Å². The van der Waals surface area contributed by atoms with Crippen molar-refractivity contribution in [2.45, 2.75) is 39.2 Å². The molecule has 2 N–H and O–H groups in total. The SMILES string of the molecule is CC(C)(C)OC(=O)NCCC#Cc1cc(CC(=O)O)ccc1F. The number of nitrogens with one attached hydrogen (secondary N) is 1. The molecule has 0 aliphatic heterocycles. The zero-order chi connectivity index (χ0) is 17.5. The first kappa shape index (κ1) is 18.5. The van der Waals surface area contributed by atoms with Crippen molar-refractivity contribution in [1.29, 1.82) is 0 Å². The molecule has 0 radical (unpaired) electrons. The van der Waals surface area contributed by atoms with E-state index in [1.807, 2.05) is 0 Å². The number of hydrogen-bond donors (Lipinski definition) is 2. The number of carbonyl (C=O) groups is 2. The van der Waals surface area contributed by atoms with Crippen molar-refractivity contribution in [2.24, 2.45) is 0 Å². The molecule has 0 saturated heterocycles. The average Bonchev–Trinajstić information content (AvgIpc) is 2.39. The number of ether oxygens (including phenoxy) is 1. The molecule has 0 spiro atoms. The van der Waals surface area contributed by atoms with Gasteiger partial charge in [-0.15, -0.1) is 0 Å². The van der Waals surface area contributed by atoms with Crippen molar-refractivity contribution in [3.05, 3.63) is 35.1 Å². The van der Waals surface area contributed by atoms with Crippen molar-refractivity contribution in [2.75, 3.05) is 6.54 Å². The fourth-order valence-corrected chi connectivity index (χ4v) is 1.65. The number of amides is 1. The van der Waals surface area contributed by atoms with Crippen molar-refractivity contribution >= 4 is 12.1 Å². The van der Waals surface area contributed by atoms with E-state index in [2.05, 4.69) is 17.2 Å². The van der Waals surface area contributed by atoms with Crippen LogP contribution < -0.4 is 5.32 Å². The molecule has 124 valence electrons. The monoisotopic (exact) mass is 321 g/mol. The van der Waals surface area contributed by atoms with Crippen LogP contribution in [0.2, 0.25) is 0 Å². The summed E-state index contributed by atoms with van der Waals surface area (Å²) >= 11 is 0. The number of carbonyl (C=O) groups excluding carboxylic acids is 1. The topological polar surface area (TPSA) is 75.6 Å².